The van der Waals surface area contributed by atoms with E-state index in [9.17, 15) is 9.18 Å². The summed E-state index contributed by atoms with van der Waals surface area (Å²) in [5, 5.41) is 5.86. The SMILES string of the molecule is Cc1ccc(NC(=O)N[C@@H]2CCN(C)[C@@H](c3nc4ccc(F)cc4[nH]3)C2)cn1.Cl. The predicted octanol–water partition coefficient (Wildman–Crippen LogP) is 3.78. The van der Waals surface area contributed by atoms with E-state index >= 15 is 0 Å². The minimum atomic E-state index is -0.290. The Hall–Kier alpha value is -2.71. The third kappa shape index (κ3) is 4.83. The van der Waals surface area contributed by atoms with E-state index in [1.807, 2.05) is 26.1 Å². The number of aromatic amines is 1. The topological polar surface area (TPSA) is 85.9 Å². The molecule has 1 saturated heterocycles. The van der Waals surface area contributed by atoms with E-state index in [4.69, 9.17) is 0 Å². The third-order valence-electron chi connectivity index (χ3n) is 5.15. The van der Waals surface area contributed by atoms with E-state index in [0.717, 1.165) is 36.4 Å². The number of nitrogens with one attached hydrogen (secondary N) is 3. The van der Waals surface area contributed by atoms with Gasteiger partial charge in [0.15, 0.2) is 0 Å². The van der Waals surface area contributed by atoms with Gasteiger partial charge in [-0.2, -0.15) is 0 Å². The Morgan fingerprint density at radius 2 is 2.14 bits per heavy atom. The molecule has 0 bridgehead atoms. The number of hydrogen-bond acceptors (Lipinski definition) is 4. The number of aryl methyl sites for hydroxylation is 1. The van der Waals surface area contributed by atoms with Gasteiger partial charge in [0.1, 0.15) is 11.6 Å². The molecule has 1 aromatic carbocycles. The zero-order valence-corrected chi connectivity index (χ0v) is 17.1. The number of urea groups is 1. The second-order valence-corrected chi connectivity index (χ2v) is 7.29. The summed E-state index contributed by atoms with van der Waals surface area (Å²) >= 11 is 0. The molecule has 0 unspecified atom stereocenters. The molecule has 2 aromatic heterocycles. The highest BCUT2D eigenvalue weighted by Gasteiger charge is 2.30. The average Bonchev–Trinajstić information content (AvgIpc) is 3.08. The smallest absolute Gasteiger partial charge is 0.319 e. The summed E-state index contributed by atoms with van der Waals surface area (Å²) in [7, 11) is 2.03. The van der Waals surface area contributed by atoms with E-state index in [1.165, 1.54) is 12.1 Å². The summed E-state index contributed by atoms with van der Waals surface area (Å²) in [5.41, 5.74) is 2.98. The van der Waals surface area contributed by atoms with Crippen LogP contribution in [0.1, 0.15) is 30.4 Å². The van der Waals surface area contributed by atoms with Crippen LogP contribution in [0.4, 0.5) is 14.9 Å². The maximum absolute atomic E-state index is 13.5. The standard InChI is InChI=1S/C20H23FN6O.ClH/c1-12-3-5-15(11-22-12)24-20(28)23-14-7-8-27(2)18(10-14)19-25-16-6-4-13(21)9-17(16)26-19;/h3-6,9,11,14,18H,7-8,10H2,1-2H3,(H,25,26)(H2,23,24,28);1H/t14-,18-;/m1./s1. The van der Waals surface area contributed by atoms with Crippen LogP contribution in [0.5, 0.6) is 0 Å². The quantitative estimate of drug-likeness (QED) is 0.604. The highest BCUT2D eigenvalue weighted by atomic mass is 35.5. The van der Waals surface area contributed by atoms with Gasteiger partial charge in [-0.15, -0.1) is 12.4 Å². The first-order valence-corrected chi connectivity index (χ1v) is 9.33. The van der Waals surface area contributed by atoms with Crippen LogP contribution in [-0.4, -0.2) is 45.5 Å². The molecule has 0 radical (unpaired) electrons. The highest BCUT2D eigenvalue weighted by Crippen LogP contribution is 2.29. The first kappa shape index (κ1) is 21.0. The lowest BCUT2D eigenvalue weighted by atomic mass is 9.97. The number of H-pyrrole nitrogens is 1. The summed E-state index contributed by atoms with van der Waals surface area (Å²) in [4.78, 5) is 26.6. The molecular formula is C20H24ClFN6O. The summed E-state index contributed by atoms with van der Waals surface area (Å²) in [6.07, 6.45) is 3.21. The number of anilines is 1. The van der Waals surface area contributed by atoms with Crippen LogP contribution in [0.3, 0.4) is 0 Å². The van der Waals surface area contributed by atoms with Gasteiger partial charge < -0.3 is 15.6 Å². The minimum absolute atomic E-state index is 0. The van der Waals surface area contributed by atoms with Gasteiger partial charge in [-0.1, -0.05) is 0 Å². The summed E-state index contributed by atoms with van der Waals surface area (Å²) in [6, 6.07) is 8.01. The molecular weight excluding hydrogens is 395 g/mol. The fraction of sp³-hybridized carbons (Fsp3) is 0.350. The van der Waals surface area contributed by atoms with Gasteiger partial charge in [0.2, 0.25) is 0 Å². The van der Waals surface area contributed by atoms with Gasteiger partial charge in [-0.05, 0) is 57.1 Å². The number of rotatable bonds is 3. The molecule has 1 fully saturated rings. The second-order valence-electron chi connectivity index (χ2n) is 7.29. The lowest BCUT2D eigenvalue weighted by Crippen LogP contribution is -2.46. The van der Waals surface area contributed by atoms with Crippen molar-refractivity contribution in [2.24, 2.45) is 0 Å². The summed E-state index contributed by atoms with van der Waals surface area (Å²) in [5.74, 6) is 0.499. The van der Waals surface area contributed by atoms with Crippen molar-refractivity contribution >= 4 is 35.2 Å². The van der Waals surface area contributed by atoms with Crippen LogP contribution in [0.25, 0.3) is 11.0 Å². The number of imidazole rings is 1. The minimum Gasteiger partial charge on any atom is -0.341 e. The van der Waals surface area contributed by atoms with E-state index in [2.05, 4.69) is 30.5 Å². The first-order valence-electron chi connectivity index (χ1n) is 9.33. The lowest BCUT2D eigenvalue weighted by Gasteiger charge is -2.36. The predicted molar refractivity (Wildman–Crippen MR) is 113 cm³/mol. The fourth-order valence-corrected chi connectivity index (χ4v) is 3.59. The molecule has 3 aromatic rings. The molecule has 1 aliphatic heterocycles. The van der Waals surface area contributed by atoms with E-state index in [1.54, 1.807) is 12.3 Å². The van der Waals surface area contributed by atoms with Crippen molar-refractivity contribution in [3.8, 4) is 0 Å². The Labute approximate surface area is 174 Å². The summed E-state index contributed by atoms with van der Waals surface area (Å²) < 4.78 is 13.5. The molecule has 4 rings (SSSR count). The second kappa shape index (κ2) is 8.75. The fourth-order valence-electron chi connectivity index (χ4n) is 3.59. The monoisotopic (exact) mass is 418 g/mol. The van der Waals surface area contributed by atoms with Gasteiger partial charge >= 0.3 is 6.03 Å². The van der Waals surface area contributed by atoms with Crippen LogP contribution in [-0.2, 0) is 0 Å². The zero-order chi connectivity index (χ0) is 19.7. The molecule has 3 heterocycles. The molecule has 154 valence electrons. The molecule has 3 N–H and O–H groups in total. The molecule has 0 spiro atoms. The van der Waals surface area contributed by atoms with Crippen LogP contribution in [0.15, 0.2) is 36.5 Å². The van der Waals surface area contributed by atoms with Gasteiger partial charge in [-0.25, -0.2) is 14.2 Å². The largest absolute Gasteiger partial charge is 0.341 e. The van der Waals surface area contributed by atoms with Gasteiger partial charge in [-0.3, -0.25) is 9.88 Å². The number of nitrogens with zero attached hydrogens (tertiary/aromatic N) is 3. The molecule has 29 heavy (non-hydrogen) atoms. The number of amides is 2. The summed E-state index contributed by atoms with van der Waals surface area (Å²) in [6.45, 7) is 2.72. The van der Waals surface area contributed by atoms with E-state index < -0.39 is 0 Å². The van der Waals surface area contributed by atoms with Gasteiger partial charge in [0, 0.05) is 18.3 Å². The Morgan fingerprint density at radius 3 is 2.90 bits per heavy atom. The zero-order valence-electron chi connectivity index (χ0n) is 16.3. The molecule has 7 nitrogen and oxygen atoms in total. The van der Waals surface area contributed by atoms with E-state index in [0.29, 0.717) is 11.2 Å². The van der Waals surface area contributed by atoms with Gasteiger partial charge in [0.25, 0.3) is 0 Å². The Kier molecular flexibility index (Phi) is 6.34. The maximum atomic E-state index is 13.5. The number of fused-ring (bicyclic) bond motifs is 1. The normalized spacial score (nSPS) is 19.6. The van der Waals surface area contributed by atoms with Crippen LogP contribution < -0.4 is 10.6 Å². The van der Waals surface area contributed by atoms with Crippen molar-refractivity contribution in [2.75, 3.05) is 18.9 Å². The number of carbonyl (C=O) groups is 1. The Morgan fingerprint density at radius 1 is 1.31 bits per heavy atom. The lowest BCUT2D eigenvalue weighted by molar-refractivity contribution is 0.153. The Bertz CT molecular complexity index is 992. The van der Waals surface area contributed by atoms with Crippen molar-refractivity contribution in [1.82, 2.24) is 25.2 Å². The van der Waals surface area contributed by atoms with Crippen molar-refractivity contribution in [3.63, 3.8) is 0 Å². The number of pyridine rings is 1. The van der Waals surface area contributed by atoms with Crippen LogP contribution in [0, 0.1) is 12.7 Å². The number of benzene rings is 1. The van der Waals surface area contributed by atoms with Gasteiger partial charge in [0.05, 0.1) is 29.0 Å². The molecule has 2 amide bonds. The number of likely N-dealkylation sites (tertiary alicyclic amines) is 1. The van der Waals surface area contributed by atoms with E-state index in [-0.39, 0.29) is 36.3 Å². The van der Waals surface area contributed by atoms with Crippen LogP contribution >= 0.6 is 12.4 Å². The molecule has 0 saturated carbocycles. The first-order chi connectivity index (χ1) is 13.5. The average molecular weight is 419 g/mol. The Balaban J connectivity index is 0.00000240. The number of carbonyl (C=O) groups excluding carboxylic acids is 1. The molecule has 2 atom stereocenters. The number of hydrogen-bond donors (Lipinski definition) is 3. The molecule has 0 aliphatic carbocycles. The third-order valence-corrected chi connectivity index (χ3v) is 5.15. The molecule has 9 heteroatoms. The highest BCUT2D eigenvalue weighted by molar-refractivity contribution is 5.89. The number of aromatic nitrogens is 3. The van der Waals surface area contributed by atoms with Crippen molar-refractivity contribution in [1.29, 1.82) is 0 Å². The molecule has 1 aliphatic rings. The van der Waals surface area contributed by atoms with Crippen LogP contribution in [0.2, 0.25) is 0 Å². The number of piperidine rings is 1. The van der Waals surface area contributed by atoms with Crippen molar-refractivity contribution in [3.05, 3.63) is 53.9 Å². The van der Waals surface area contributed by atoms with Crippen molar-refractivity contribution in [2.45, 2.75) is 31.8 Å². The number of halogens is 2. The maximum Gasteiger partial charge on any atom is 0.319 e. The van der Waals surface area contributed by atoms with Crippen molar-refractivity contribution < 1.29 is 9.18 Å².